The van der Waals surface area contributed by atoms with Crippen molar-refractivity contribution < 1.29 is 4.74 Å². The molecule has 104 valence electrons. The molecule has 0 bridgehead atoms. The van der Waals surface area contributed by atoms with Crippen molar-refractivity contribution in [3.8, 4) is 5.75 Å². The highest BCUT2D eigenvalue weighted by Gasteiger charge is 2.23. The normalized spacial score (nSPS) is 18.9. The lowest BCUT2D eigenvalue weighted by atomic mass is 10.1. The highest BCUT2D eigenvalue weighted by molar-refractivity contribution is 7.12. The molecular weight excluding hydrogens is 266 g/mol. The van der Waals surface area contributed by atoms with Gasteiger partial charge < -0.3 is 10.5 Å². The van der Waals surface area contributed by atoms with E-state index < -0.39 is 0 Å². The van der Waals surface area contributed by atoms with Crippen molar-refractivity contribution >= 4 is 11.3 Å². The van der Waals surface area contributed by atoms with E-state index in [4.69, 9.17) is 10.5 Å². The molecular formula is C17H19NOS. The minimum Gasteiger partial charge on any atom is -0.490 e. The van der Waals surface area contributed by atoms with Crippen LogP contribution < -0.4 is 10.5 Å². The van der Waals surface area contributed by atoms with Crippen LogP contribution in [0.15, 0.2) is 30.3 Å². The van der Waals surface area contributed by atoms with Gasteiger partial charge in [0.1, 0.15) is 5.75 Å². The molecule has 1 heterocycles. The largest absolute Gasteiger partial charge is 0.490 e. The lowest BCUT2D eigenvalue weighted by molar-refractivity contribution is 0.303. The molecule has 0 saturated heterocycles. The van der Waals surface area contributed by atoms with Gasteiger partial charge in [0, 0.05) is 9.75 Å². The molecule has 2 aliphatic carbocycles. The average molecular weight is 285 g/mol. The molecule has 20 heavy (non-hydrogen) atoms. The molecule has 3 heteroatoms. The van der Waals surface area contributed by atoms with E-state index in [1.54, 1.807) is 4.88 Å². The van der Waals surface area contributed by atoms with Gasteiger partial charge in [-0.15, -0.1) is 11.3 Å². The first-order valence-corrected chi connectivity index (χ1v) is 8.25. The first-order chi connectivity index (χ1) is 9.79. The number of hydrogen-bond donors (Lipinski definition) is 1. The monoisotopic (exact) mass is 285 g/mol. The first kappa shape index (κ1) is 12.4. The van der Waals surface area contributed by atoms with Gasteiger partial charge in [0.05, 0.1) is 12.1 Å². The fourth-order valence-corrected chi connectivity index (χ4v) is 4.09. The van der Waals surface area contributed by atoms with Crippen LogP contribution in [0.3, 0.4) is 0 Å². The lowest BCUT2D eigenvalue weighted by Gasteiger charge is -2.11. The SMILES string of the molecule is NC(c1ccc(OC2CC2)cc1)c1cc2c(s1)CCC2. The van der Waals surface area contributed by atoms with E-state index >= 15 is 0 Å². The maximum Gasteiger partial charge on any atom is 0.119 e. The van der Waals surface area contributed by atoms with Crippen LogP contribution in [0, 0.1) is 0 Å². The minimum absolute atomic E-state index is 0.000532. The second-order valence-electron chi connectivity index (χ2n) is 5.81. The molecule has 0 amide bonds. The number of aryl methyl sites for hydroxylation is 2. The van der Waals surface area contributed by atoms with Gasteiger partial charge in [0.15, 0.2) is 0 Å². The van der Waals surface area contributed by atoms with Crippen LogP contribution in [0.25, 0.3) is 0 Å². The predicted molar refractivity (Wildman–Crippen MR) is 82.5 cm³/mol. The number of nitrogens with two attached hydrogens (primary N) is 1. The summed E-state index contributed by atoms with van der Waals surface area (Å²) in [7, 11) is 0. The van der Waals surface area contributed by atoms with E-state index in [2.05, 4.69) is 30.3 Å². The quantitative estimate of drug-likeness (QED) is 0.926. The van der Waals surface area contributed by atoms with Crippen molar-refractivity contribution in [2.75, 3.05) is 0 Å². The third-order valence-corrected chi connectivity index (χ3v) is 5.46. The Morgan fingerprint density at radius 3 is 2.65 bits per heavy atom. The Kier molecular flexibility index (Phi) is 3.04. The topological polar surface area (TPSA) is 35.2 Å². The zero-order chi connectivity index (χ0) is 13.5. The van der Waals surface area contributed by atoms with Crippen LogP contribution in [-0.4, -0.2) is 6.10 Å². The molecule has 1 saturated carbocycles. The molecule has 2 aliphatic rings. The predicted octanol–water partition coefficient (Wildman–Crippen LogP) is 3.83. The van der Waals surface area contributed by atoms with Crippen molar-refractivity contribution in [3.05, 3.63) is 51.2 Å². The summed E-state index contributed by atoms with van der Waals surface area (Å²) < 4.78 is 5.78. The number of benzene rings is 1. The summed E-state index contributed by atoms with van der Waals surface area (Å²) in [5, 5.41) is 0. The van der Waals surface area contributed by atoms with Crippen LogP contribution in [0.2, 0.25) is 0 Å². The number of hydrogen-bond acceptors (Lipinski definition) is 3. The van der Waals surface area contributed by atoms with Crippen molar-refractivity contribution in [3.63, 3.8) is 0 Å². The fraction of sp³-hybridized carbons (Fsp3) is 0.412. The fourth-order valence-electron chi connectivity index (χ4n) is 2.80. The summed E-state index contributed by atoms with van der Waals surface area (Å²) in [6.07, 6.45) is 6.62. The Morgan fingerprint density at radius 2 is 1.95 bits per heavy atom. The van der Waals surface area contributed by atoms with Gasteiger partial charge in [0.25, 0.3) is 0 Å². The standard InChI is InChI=1S/C17H19NOS/c18-17(16-10-12-2-1-3-15(12)20-16)11-4-6-13(7-5-11)19-14-8-9-14/h4-7,10,14,17H,1-3,8-9,18H2. The summed E-state index contributed by atoms with van der Waals surface area (Å²) in [4.78, 5) is 2.84. The van der Waals surface area contributed by atoms with E-state index in [0.29, 0.717) is 6.10 Å². The smallest absolute Gasteiger partial charge is 0.119 e. The highest BCUT2D eigenvalue weighted by atomic mass is 32.1. The van der Waals surface area contributed by atoms with Crippen molar-refractivity contribution in [1.82, 2.24) is 0 Å². The Morgan fingerprint density at radius 1 is 1.15 bits per heavy atom. The zero-order valence-corrected chi connectivity index (χ0v) is 12.3. The van der Waals surface area contributed by atoms with Crippen LogP contribution in [-0.2, 0) is 12.8 Å². The molecule has 1 aromatic heterocycles. The molecule has 0 spiro atoms. The molecule has 0 radical (unpaired) electrons. The second-order valence-corrected chi connectivity index (χ2v) is 6.98. The number of thiophene rings is 1. The van der Waals surface area contributed by atoms with Gasteiger partial charge >= 0.3 is 0 Å². The lowest BCUT2D eigenvalue weighted by Crippen LogP contribution is -2.10. The number of rotatable bonds is 4. The van der Waals surface area contributed by atoms with Gasteiger partial charge in [-0.3, -0.25) is 0 Å². The van der Waals surface area contributed by atoms with E-state index in [-0.39, 0.29) is 6.04 Å². The third-order valence-electron chi connectivity index (χ3n) is 4.14. The Bertz CT molecular complexity index is 591. The summed E-state index contributed by atoms with van der Waals surface area (Å²) in [6, 6.07) is 10.6. The Hall–Kier alpha value is -1.32. The van der Waals surface area contributed by atoms with Crippen molar-refractivity contribution in [2.45, 2.75) is 44.2 Å². The van der Waals surface area contributed by atoms with Crippen LogP contribution in [0.1, 0.15) is 46.2 Å². The van der Waals surface area contributed by atoms with Crippen LogP contribution in [0.5, 0.6) is 5.75 Å². The van der Waals surface area contributed by atoms with E-state index in [1.165, 1.54) is 48.1 Å². The Balaban J connectivity index is 1.52. The molecule has 2 nitrogen and oxygen atoms in total. The number of fused-ring (bicyclic) bond motifs is 1. The van der Waals surface area contributed by atoms with Gasteiger partial charge in [0.2, 0.25) is 0 Å². The number of ether oxygens (including phenoxy) is 1. The first-order valence-electron chi connectivity index (χ1n) is 7.43. The van der Waals surface area contributed by atoms with Gasteiger partial charge in [-0.05, 0) is 61.4 Å². The maximum absolute atomic E-state index is 6.41. The molecule has 1 unspecified atom stereocenters. The zero-order valence-electron chi connectivity index (χ0n) is 11.5. The van der Waals surface area contributed by atoms with Crippen molar-refractivity contribution in [2.24, 2.45) is 5.73 Å². The minimum atomic E-state index is 0.000532. The van der Waals surface area contributed by atoms with Crippen LogP contribution in [0.4, 0.5) is 0 Å². The van der Waals surface area contributed by atoms with E-state index in [1.807, 2.05) is 11.3 Å². The van der Waals surface area contributed by atoms with Gasteiger partial charge in [-0.25, -0.2) is 0 Å². The van der Waals surface area contributed by atoms with Gasteiger partial charge in [-0.2, -0.15) is 0 Å². The maximum atomic E-state index is 6.41. The summed E-state index contributed by atoms with van der Waals surface area (Å²) >= 11 is 1.89. The molecule has 0 aliphatic heterocycles. The molecule has 2 aromatic rings. The summed E-state index contributed by atoms with van der Waals surface area (Å²) in [6.45, 7) is 0. The van der Waals surface area contributed by atoms with Gasteiger partial charge in [-0.1, -0.05) is 12.1 Å². The van der Waals surface area contributed by atoms with Crippen LogP contribution >= 0.6 is 11.3 Å². The second kappa shape index (κ2) is 4.90. The summed E-state index contributed by atoms with van der Waals surface area (Å²) in [5.41, 5.74) is 9.11. The third kappa shape index (κ3) is 2.36. The molecule has 1 fully saturated rings. The summed E-state index contributed by atoms with van der Waals surface area (Å²) in [5.74, 6) is 0.970. The average Bonchev–Trinajstić information content (AvgIpc) is 3.00. The van der Waals surface area contributed by atoms with Crippen molar-refractivity contribution in [1.29, 1.82) is 0 Å². The molecule has 1 atom stereocenters. The molecule has 2 N–H and O–H groups in total. The van der Waals surface area contributed by atoms with E-state index in [0.717, 1.165) is 5.75 Å². The molecule has 1 aromatic carbocycles. The molecule has 4 rings (SSSR count). The Labute approximate surface area is 123 Å². The highest BCUT2D eigenvalue weighted by Crippen LogP contribution is 2.35. The van der Waals surface area contributed by atoms with E-state index in [9.17, 15) is 0 Å².